The molecule has 1 aromatic carbocycles. The molecule has 1 N–H and O–H groups in total. The Kier molecular flexibility index (Phi) is 6.76. The molecule has 1 aliphatic rings. The third-order valence-electron chi connectivity index (χ3n) is 6.11. The van der Waals surface area contributed by atoms with Crippen molar-refractivity contribution in [3.8, 4) is 0 Å². The zero-order chi connectivity index (χ0) is 24.2. The fourth-order valence-electron chi connectivity index (χ4n) is 4.27. The van der Waals surface area contributed by atoms with Gasteiger partial charge in [0.25, 0.3) is 5.91 Å². The minimum Gasteiger partial charge on any atom is -0.451 e. The second-order valence-corrected chi connectivity index (χ2v) is 9.42. The van der Waals surface area contributed by atoms with Crippen molar-refractivity contribution in [1.29, 1.82) is 0 Å². The fourth-order valence-corrected chi connectivity index (χ4v) is 5.10. The molecule has 0 spiro atoms. The summed E-state index contributed by atoms with van der Waals surface area (Å²) in [5.74, 6) is 0.743. The maximum Gasteiger partial charge on any atom is 0.289 e. The topological polar surface area (TPSA) is 101 Å². The molecule has 0 bridgehead atoms. The molecule has 1 atom stereocenters. The molecule has 35 heavy (non-hydrogen) atoms. The van der Waals surface area contributed by atoms with Crippen LogP contribution in [0.25, 0.3) is 11.0 Å². The van der Waals surface area contributed by atoms with Crippen molar-refractivity contribution in [1.82, 2.24) is 19.9 Å². The van der Waals surface area contributed by atoms with Crippen LogP contribution in [0.2, 0.25) is 0 Å². The van der Waals surface area contributed by atoms with E-state index in [1.807, 2.05) is 43.3 Å². The first-order valence-corrected chi connectivity index (χ1v) is 12.5. The van der Waals surface area contributed by atoms with Crippen LogP contribution in [0.5, 0.6) is 0 Å². The van der Waals surface area contributed by atoms with Gasteiger partial charge in [-0.05, 0) is 43.5 Å². The number of anilines is 1. The highest BCUT2D eigenvalue weighted by Gasteiger charge is 2.32. The Labute approximate surface area is 207 Å². The molecule has 1 unspecified atom stereocenters. The standard InChI is InChI=1S/C26H25N5O3S/c1-17-7-4-11-27-23(17)30-24(32)18-8-5-14-31(15-18)25(33)22-20(16-35-26-28-12-6-13-29-26)19-9-2-3-10-21(19)34-22/h2-4,6-7,9-13,18H,5,8,14-16H2,1H3,(H,27,30,32). The summed E-state index contributed by atoms with van der Waals surface area (Å²) in [5.41, 5.74) is 2.38. The van der Waals surface area contributed by atoms with Crippen molar-refractivity contribution in [2.24, 2.45) is 5.92 Å². The smallest absolute Gasteiger partial charge is 0.289 e. The monoisotopic (exact) mass is 487 g/mol. The van der Waals surface area contributed by atoms with Crippen LogP contribution < -0.4 is 5.32 Å². The molecule has 0 aliphatic carbocycles. The molecule has 5 rings (SSSR count). The number of aromatic nitrogens is 3. The number of hydrogen-bond donors (Lipinski definition) is 1. The molecule has 1 aliphatic heterocycles. The number of benzene rings is 1. The van der Waals surface area contributed by atoms with E-state index >= 15 is 0 Å². The first kappa shape index (κ1) is 23.0. The summed E-state index contributed by atoms with van der Waals surface area (Å²) >= 11 is 1.46. The lowest BCUT2D eigenvalue weighted by Gasteiger charge is -2.31. The van der Waals surface area contributed by atoms with Crippen molar-refractivity contribution in [3.05, 3.63) is 77.9 Å². The lowest BCUT2D eigenvalue weighted by atomic mass is 9.96. The highest BCUT2D eigenvalue weighted by molar-refractivity contribution is 7.98. The first-order valence-electron chi connectivity index (χ1n) is 11.5. The van der Waals surface area contributed by atoms with Gasteiger partial charge in [0, 0.05) is 48.4 Å². The predicted molar refractivity (Wildman–Crippen MR) is 134 cm³/mol. The van der Waals surface area contributed by atoms with Crippen LogP contribution in [0.4, 0.5) is 5.82 Å². The number of hydrogen-bond acceptors (Lipinski definition) is 7. The second kappa shape index (κ2) is 10.3. The Morgan fingerprint density at radius 3 is 2.71 bits per heavy atom. The maximum absolute atomic E-state index is 13.6. The third kappa shape index (κ3) is 5.05. The summed E-state index contributed by atoms with van der Waals surface area (Å²) in [6, 6.07) is 13.1. The van der Waals surface area contributed by atoms with Crippen LogP contribution in [-0.2, 0) is 10.5 Å². The van der Waals surface area contributed by atoms with E-state index in [2.05, 4.69) is 20.3 Å². The van der Waals surface area contributed by atoms with E-state index < -0.39 is 0 Å². The lowest BCUT2D eigenvalue weighted by Crippen LogP contribution is -2.44. The van der Waals surface area contributed by atoms with Gasteiger partial charge in [-0.3, -0.25) is 9.59 Å². The number of furan rings is 1. The Bertz CT molecular complexity index is 1360. The number of amides is 2. The van der Waals surface area contributed by atoms with Crippen LogP contribution in [0.15, 0.2) is 70.6 Å². The number of rotatable bonds is 6. The molecule has 1 fully saturated rings. The third-order valence-corrected chi connectivity index (χ3v) is 7.01. The largest absolute Gasteiger partial charge is 0.451 e. The number of para-hydroxylation sites is 1. The van der Waals surface area contributed by atoms with E-state index in [9.17, 15) is 9.59 Å². The van der Waals surface area contributed by atoms with Gasteiger partial charge in [-0.25, -0.2) is 15.0 Å². The zero-order valence-electron chi connectivity index (χ0n) is 19.3. The maximum atomic E-state index is 13.6. The van der Waals surface area contributed by atoms with Gasteiger partial charge in [-0.15, -0.1) is 0 Å². The molecular weight excluding hydrogens is 462 g/mol. The number of carbonyl (C=O) groups excluding carboxylic acids is 2. The average Bonchev–Trinajstić information content (AvgIpc) is 3.27. The van der Waals surface area contributed by atoms with Crippen molar-refractivity contribution < 1.29 is 14.0 Å². The zero-order valence-corrected chi connectivity index (χ0v) is 20.1. The normalized spacial score (nSPS) is 15.8. The van der Waals surface area contributed by atoms with Gasteiger partial charge >= 0.3 is 0 Å². The molecule has 4 heterocycles. The van der Waals surface area contributed by atoms with Crippen molar-refractivity contribution in [3.63, 3.8) is 0 Å². The van der Waals surface area contributed by atoms with Gasteiger partial charge in [0.2, 0.25) is 5.91 Å². The van der Waals surface area contributed by atoms with Crippen LogP contribution in [0.1, 0.15) is 34.5 Å². The second-order valence-electron chi connectivity index (χ2n) is 8.47. The Hall–Kier alpha value is -3.72. The summed E-state index contributed by atoms with van der Waals surface area (Å²) in [7, 11) is 0. The van der Waals surface area contributed by atoms with Gasteiger partial charge in [0.15, 0.2) is 10.9 Å². The average molecular weight is 488 g/mol. The molecule has 2 amide bonds. The predicted octanol–water partition coefficient (Wildman–Crippen LogP) is 4.71. The van der Waals surface area contributed by atoms with Gasteiger partial charge in [0.05, 0.1) is 5.92 Å². The van der Waals surface area contributed by atoms with E-state index in [1.165, 1.54) is 11.8 Å². The van der Waals surface area contributed by atoms with E-state index in [0.29, 0.717) is 41.2 Å². The Morgan fingerprint density at radius 2 is 1.89 bits per heavy atom. The van der Waals surface area contributed by atoms with Crippen LogP contribution >= 0.6 is 11.8 Å². The highest BCUT2D eigenvalue weighted by atomic mass is 32.2. The fraction of sp³-hybridized carbons (Fsp3) is 0.269. The summed E-state index contributed by atoms with van der Waals surface area (Å²) in [6.45, 7) is 2.82. The van der Waals surface area contributed by atoms with Crippen molar-refractivity contribution in [2.45, 2.75) is 30.7 Å². The molecule has 3 aromatic heterocycles. The number of nitrogens with zero attached hydrogens (tertiary/aromatic N) is 4. The molecule has 8 nitrogen and oxygen atoms in total. The van der Waals surface area contributed by atoms with Gasteiger partial charge in [-0.1, -0.05) is 36.0 Å². The highest BCUT2D eigenvalue weighted by Crippen LogP contribution is 2.32. The summed E-state index contributed by atoms with van der Waals surface area (Å²) < 4.78 is 6.05. The number of likely N-dealkylation sites (tertiary alicyclic amines) is 1. The van der Waals surface area contributed by atoms with Crippen LogP contribution in [-0.4, -0.2) is 44.8 Å². The van der Waals surface area contributed by atoms with Gasteiger partial charge in [-0.2, -0.15) is 0 Å². The number of fused-ring (bicyclic) bond motifs is 1. The first-order chi connectivity index (χ1) is 17.1. The van der Waals surface area contributed by atoms with Crippen LogP contribution in [0.3, 0.4) is 0 Å². The van der Waals surface area contributed by atoms with E-state index in [4.69, 9.17) is 4.42 Å². The molecule has 4 aromatic rings. The van der Waals surface area contributed by atoms with E-state index in [1.54, 1.807) is 29.6 Å². The molecule has 0 radical (unpaired) electrons. The quantitative estimate of drug-likeness (QED) is 0.310. The SMILES string of the molecule is Cc1cccnc1NC(=O)C1CCCN(C(=O)c2oc3ccccc3c2CSc2ncccn2)C1. The number of piperidine rings is 1. The van der Waals surface area contributed by atoms with Crippen molar-refractivity contribution >= 4 is 40.4 Å². The molecular formula is C26H25N5O3S. The number of pyridine rings is 1. The summed E-state index contributed by atoms with van der Waals surface area (Å²) in [4.78, 5) is 41.1. The summed E-state index contributed by atoms with van der Waals surface area (Å²) in [6.07, 6.45) is 6.50. The summed E-state index contributed by atoms with van der Waals surface area (Å²) in [5, 5.41) is 4.46. The van der Waals surface area contributed by atoms with Crippen LogP contribution in [0, 0.1) is 12.8 Å². The minimum absolute atomic E-state index is 0.120. The van der Waals surface area contributed by atoms with Gasteiger partial charge in [0.1, 0.15) is 11.4 Å². The van der Waals surface area contributed by atoms with E-state index in [-0.39, 0.29) is 17.7 Å². The molecule has 178 valence electrons. The molecule has 9 heteroatoms. The van der Waals surface area contributed by atoms with Crippen molar-refractivity contribution in [2.75, 3.05) is 18.4 Å². The van der Waals surface area contributed by atoms with E-state index in [0.717, 1.165) is 29.4 Å². The lowest BCUT2D eigenvalue weighted by molar-refractivity contribution is -0.121. The Balaban J connectivity index is 1.35. The minimum atomic E-state index is -0.311. The number of nitrogens with one attached hydrogen (secondary N) is 1. The van der Waals surface area contributed by atoms with Gasteiger partial charge < -0.3 is 14.6 Å². The number of aryl methyl sites for hydroxylation is 1. The molecule has 0 saturated carbocycles. The number of carbonyl (C=O) groups is 2. The number of thioether (sulfide) groups is 1. The molecule has 1 saturated heterocycles. The Morgan fingerprint density at radius 1 is 1.09 bits per heavy atom.